The fourth-order valence-corrected chi connectivity index (χ4v) is 4.78. The summed E-state index contributed by atoms with van der Waals surface area (Å²) in [6, 6.07) is 22.8. The van der Waals surface area contributed by atoms with Gasteiger partial charge >= 0.3 is 0 Å². The van der Waals surface area contributed by atoms with Gasteiger partial charge in [0.2, 0.25) is 5.95 Å². The van der Waals surface area contributed by atoms with E-state index in [4.69, 9.17) is 10.2 Å². The Bertz CT molecular complexity index is 1440. The van der Waals surface area contributed by atoms with Gasteiger partial charge in [-0.25, -0.2) is 4.52 Å². The van der Waals surface area contributed by atoms with E-state index in [1.807, 2.05) is 36.5 Å². The number of nitrogens with one attached hydrogen (secondary N) is 2. The third-order valence-electron chi connectivity index (χ3n) is 7.12. The molecule has 1 saturated heterocycles. The van der Waals surface area contributed by atoms with Crippen molar-refractivity contribution in [2.45, 2.75) is 38.3 Å². The second-order valence-corrected chi connectivity index (χ2v) is 9.95. The highest BCUT2D eigenvalue weighted by Crippen LogP contribution is 2.26. The van der Waals surface area contributed by atoms with Crippen molar-refractivity contribution in [1.29, 1.82) is 5.26 Å². The summed E-state index contributed by atoms with van der Waals surface area (Å²) in [6.45, 7) is 2.86. The number of pyridine rings is 1. The van der Waals surface area contributed by atoms with Crippen molar-refractivity contribution in [1.82, 2.24) is 24.8 Å². The number of piperidine rings is 1. The van der Waals surface area contributed by atoms with Gasteiger partial charge in [0.05, 0.1) is 6.07 Å². The number of likely N-dealkylation sites (tertiary alicyclic amines) is 1. The first-order valence-electron chi connectivity index (χ1n) is 12.9. The fourth-order valence-electron chi connectivity index (χ4n) is 4.78. The summed E-state index contributed by atoms with van der Waals surface area (Å²) in [5.41, 5.74) is 5.61. The van der Waals surface area contributed by atoms with Crippen molar-refractivity contribution < 1.29 is 4.79 Å². The molecule has 0 bridgehead atoms. The van der Waals surface area contributed by atoms with Crippen molar-refractivity contribution in [3.05, 3.63) is 78.0 Å². The van der Waals surface area contributed by atoms with E-state index in [1.165, 1.54) is 5.56 Å². The van der Waals surface area contributed by atoms with Gasteiger partial charge in [0.1, 0.15) is 0 Å². The van der Waals surface area contributed by atoms with Crippen LogP contribution in [0.5, 0.6) is 0 Å². The lowest BCUT2D eigenvalue weighted by Crippen LogP contribution is -2.32. The average molecular weight is 492 g/mol. The van der Waals surface area contributed by atoms with Gasteiger partial charge in [0.25, 0.3) is 5.91 Å². The van der Waals surface area contributed by atoms with E-state index in [0.29, 0.717) is 17.6 Å². The molecule has 1 saturated carbocycles. The SMILES string of the molecule is N#CC1CCN(Cc2ccc(-c3cccn4nc(Nc5ccc(C(=O)NC6CC6)cc5)nc34)cc2)CC1. The number of fused-ring (bicyclic) bond motifs is 1. The van der Waals surface area contributed by atoms with E-state index in [2.05, 4.69) is 57.0 Å². The van der Waals surface area contributed by atoms with Crippen LogP contribution < -0.4 is 10.6 Å². The third-order valence-corrected chi connectivity index (χ3v) is 7.12. The van der Waals surface area contributed by atoms with Gasteiger partial charge < -0.3 is 10.6 Å². The Labute approximate surface area is 215 Å². The lowest BCUT2D eigenvalue weighted by molar-refractivity contribution is 0.0951. The lowest BCUT2D eigenvalue weighted by atomic mass is 9.98. The molecule has 0 radical (unpaired) electrons. The molecule has 2 N–H and O–H groups in total. The summed E-state index contributed by atoms with van der Waals surface area (Å²) in [7, 11) is 0. The molecule has 4 aromatic rings. The standard InChI is InChI=1S/C29H29N7O/c30-18-20-13-16-35(17-14-20)19-21-3-5-22(6-4-21)26-2-1-15-36-27(26)33-29(34-36)32-25-9-7-23(8-10-25)28(37)31-24-11-12-24/h1-10,15,20,24H,11-14,16-17,19H2,(H,31,37)(H,32,34). The van der Waals surface area contributed by atoms with Crippen LogP contribution in [0, 0.1) is 17.2 Å². The number of nitrogens with zero attached hydrogens (tertiary/aromatic N) is 5. The molecule has 1 amide bonds. The number of nitriles is 1. The van der Waals surface area contributed by atoms with Gasteiger partial charge in [0, 0.05) is 41.5 Å². The number of carbonyl (C=O) groups is 1. The smallest absolute Gasteiger partial charge is 0.251 e. The molecule has 2 aromatic heterocycles. The van der Waals surface area contributed by atoms with Gasteiger partial charge in [-0.1, -0.05) is 24.3 Å². The predicted octanol–water partition coefficient (Wildman–Crippen LogP) is 4.77. The Morgan fingerprint density at radius 2 is 1.76 bits per heavy atom. The largest absolute Gasteiger partial charge is 0.349 e. The van der Waals surface area contributed by atoms with Crippen molar-refractivity contribution in [3.8, 4) is 17.2 Å². The molecule has 1 aliphatic carbocycles. The molecule has 186 valence electrons. The van der Waals surface area contributed by atoms with Crippen molar-refractivity contribution in [2.75, 3.05) is 18.4 Å². The zero-order valence-electron chi connectivity index (χ0n) is 20.6. The van der Waals surface area contributed by atoms with Crippen LogP contribution in [0.15, 0.2) is 66.9 Å². The van der Waals surface area contributed by atoms with Crippen LogP contribution in [0.1, 0.15) is 41.6 Å². The minimum Gasteiger partial charge on any atom is -0.349 e. The van der Waals surface area contributed by atoms with E-state index in [1.54, 1.807) is 4.52 Å². The van der Waals surface area contributed by atoms with E-state index in [-0.39, 0.29) is 11.8 Å². The van der Waals surface area contributed by atoms with Crippen LogP contribution in [0.2, 0.25) is 0 Å². The molecule has 1 aliphatic heterocycles. The van der Waals surface area contributed by atoms with Crippen LogP contribution in [0.25, 0.3) is 16.8 Å². The number of anilines is 2. The van der Waals surface area contributed by atoms with Crippen LogP contribution in [-0.4, -0.2) is 44.5 Å². The number of carbonyl (C=O) groups excluding carboxylic acids is 1. The minimum atomic E-state index is -0.0286. The zero-order valence-corrected chi connectivity index (χ0v) is 20.6. The second kappa shape index (κ2) is 10.0. The molecule has 2 aromatic carbocycles. The molecule has 0 unspecified atom stereocenters. The summed E-state index contributed by atoms with van der Waals surface area (Å²) in [5.74, 6) is 0.679. The summed E-state index contributed by atoms with van der Waals surface area (Å²) >= 11 is 0. The first kappa shape index (κ1) is 23.2. The van der Waals surface area contributed by atoms with Crippen molar-refractivity contribution >= 4 is 23.2 Å². The quantitative estimate of drug-likeness (QED) is 0.387. The lowest BCUT2D eigenvalue weighted by Gasteiger charge is -2.29. The first-order valence-corrected chi connectivity index (χ1v) is 12.9. The van der Waals surface area contributed by atoms with E-state index < -0.39 is 0 Å². The highest BCUT2D eigenvalue weighted by Gasteiger charge is 2.23. The Hall–Kier alpha value is -4.22. The summed E-state index contributed by atoms with van der Waals surface area (Å²) in [6.07, 6.45) is 5.95. The van der Waals surface area contributed by atoms with Gasteiger partial charge in [0.15, 0.2) is 5.65 Å². The molecular formula is C29H29N7O. The second-order valence-electron chi connectivity index (χ2n) is 9.95. The normalized spacial score (nSPS) is 16.4. The average Bonchev–Trinajstić information content (AvgIpc) is 3.65. The zero-order chi connectivity index (χ0) is 25.2. The number of benzene rings is 2. The summed E-state index contributed by atoms with van der Waals surface area (Å²) in [4.78, 5) is 19.4. The van der Waals surface area contributed by atoms with E-state index in [9.17, 15) is 4.79 Å². The number of hydrogen-bond acceptors (Lipinski definition) is 6. The predicted molar refractivity (Wildman–Crippen MR) is 142 cm³/mol. The van der Waals surface area contributed by atoms with Crippen LogP contribution in [0.4, 0.5) is 11.6 Å². The topological polar surface area (TPSA) is 98.4 Å². The fraction of sp³-hybridized carbons (Fsp3) is 0.310. The maximum atomic E-state index is 12.2. The van der Waals surface area contributed by atoms with Crippen LogP contribution in [0.3, 0.4) is 0 Å². The molecule has 2 fully saturated rings. The maximum Gasteiger partial charge on any atom is 0.251 e. The Morgan fingerprint density at radius 1 is 1.00 bits per heavy atom. The Kier molecular flexibility index (Phi) is 6.29. The Morgan fingerprint density at radius 3 is 2.46 bits per heavy atom. The highest BCUT2D eigenvalue weighted by atomic mass is 16.1. The molecule has 2 aliphatic rings. The van der Waals surface area contributed by atoms with Crippen molar-refractivity contribution in [2.24, 2.45) is 5.92 Å². The summed E-state index contributed by atoms with van der Waals surface area (Å²) < 4.78 is 1.78. The molecular weight excluding hydrogens is 462 g/mol. The van der Waals surface area contributed by atoms with Gasteiger partial charge in [-0.3, -0.25) is 9.69 Å². The number of rotatable bonds is 7. The van der Waals surface area contributed by atoms with Gasteiger partial charge in [-0.2, -0.15) is 10.2 Å². The monoisotopic (exact) mass is 491 g/mol. The van der Waals surface area contributed by atoms with Crippen LogP contribution in [-0.2, 0) is 6.54 Å². The third kappa shape index (κ3) is 5.32. The molecule has 0 atom stereocenters. The molecule has 3 heterocycles. The number of hydrogen-bond donors (Lipinski definition) is 2. The maximum absolute atomic E-state index is 12.2. The van der Waals surface area contributed by atoms with Gasteiger partial charge in [-0.05, 0) is 86.3 Å². The minimum absolute atomic E-state index is 0.0286. The Balaban J connectivity index is 1.14. The first-order chi connectivity index (χ1) is 18.1. The molecule has 0 spiro atoms. The highest BCUT2D eigenvalue weighted by molar-refractivity contribution is 5.95. The van der Waals surface area contributed by atoms with E-state index >= 15 is 0 Å². The molecule has 37 heavy (non-hydrogen) atoms. The summed E-state index contributed by atoms with van der Waals surface area (Å²) in [5, 5.41) is 20.0. The molecule has 8 nitrogen and oxygen atoms in total. The number of amides is 1. The van der Waals surface area contributed by atoms with Gasteiger partial charge in [-0.15, -0.1) is 5.10 Å². The van der Waals surface area contributed by atoms with Crippen molar-refractivity contribution in [3.63, 3.8) is 0 Å². The molecule has 6 rings (SSSR count). The van der Waals surface area contributed by atoms with E-state index in [0.717, 1.165) is 67.8 Å². The molecule has 8 heteroatoms. The van der Waals surface area contributed by atoms with Crippen LogP contribution >= 0.6 is 0 Å². The number of aromatic nitrogens is 3.